The van der Waals surface area contributed by atoms with Gasteiger partial charge in [-0.3, -0.25) is 0 Å². The molecule has 0 saturated carbocycles. The van der Waals surface area contributed by atoms with Gasteiger partial charge in [0.05, 0.1) is 6.04 Å². The van der Waals surface area contributed by atoms with Gasteiger partial charge in [-0.15, -0.1) is 0 Å². The van der Waals surface area contributed by atoms with E-state index in [-0.39, 0.29) is 6.04 Å². The van der Waals surface area contributed by atoms with E-state index >= 15 is 0 Å². The molecule has 1 aromatic carbocycles. The SMILES string of the molecule is CCNC(Cc1cccc(C)c1)c1ccc(COC)o1. The number of furan rings is 1. The van der Waals surface area contributed by atoms with Crippen LogP contribution in [0.2, 0.25) is 0 Å². The Hall–Kier alpha value is -1.58. The van der Waals surface area contributed by atoms with Crippen LogP contribution in [0.5, 0.6) is 0 Å². The summed E-state index contributed by atoms with van der Waals surface area (Å²) in [6, 6.07) is 12.8. The molecule has 0 fully saturated rings. The average molecular weight is 273 g/mol. The molecule has 2 rings (SSSR count). The van der Waals surface area contributed by atoms with Crippen molar-refractivity contribution in [1.82, 2.24) is 5.32 Å². The van der Waals surface area contributed by atoms with E-state index in [2.05, 4.69) is 43.4 Å². The molecule has 0 aliphatic heterocycles. The number of ether oxygens (including phenoxy) is 1. The van der Waals surface area contributed by atoms with Crippen molar-refractivity contribution in [2.75, 3.05) is 13.7 Å². The van der Waals surface area contributed by atoms with Gasteiger partial charge in [0.25, 0.3) is 0 Å². The Morgan fingerprint density at radius 2 is 2.10 bits per heavy atom. The van der Waals surface area contributed by atoms with Gasteiger partial charge < -0.3 is 14.5 Å². The quantitative estimate of drug-likeness (QED) is 0.836. The van der Waals surface area contributed by atoms with Crippen LogP contribution < -0.4 is 5.32 Å². The maximum atomic E-state index is 5.85. The fourth-order valence-corrected chi connectivity index (χ4v) is 2.40. The van der Waals surface area contributed by atoms with Gasteiger partial charge in [-0.1, -0.05) is 36.8 Å². The summed E-state index contributed by atoms with van der Waals surface area (Å²) >= 11 is 0. The van der Waals surface area contributed by atoms with Crippen LogP contribution in [-0.4, -0.2) is 13.7 Å². The molecular formula is C17H23NO2. The van der Waals surface area contributed by atoms with Crippen molar-refractivity contribution >= 4 is 0 Å². The molecule has 1 aromatic heterocycles. The zero-order valence-corrected chi connectivity index (χ0v) is 12.5. The lowest BCUT2D eigenvalue weighted by Crippen LogP contribution is -2.22. The second-order valence-electron chi connectivity index (χ2n) is 5.04. The second-order valence-corrected chi connectivity index (χ2v) is 5.04. The highest BCUT2D eigenvalue weighted by atomic mass is 16.5. The molecule has 3 nitrogen and oxygen atoms in total. The molecule has 0 spiro atoms. The fraction of sp³-hybridized carbons (Fsp3) is 0.412. The molecule has 1 N–H and O–H groups in total. The molecule has 0 saturated heterocycles. The summed E-state index contributed by atoms with van der Waals surface area (Å²) in [4.78, 5) is 0. The summed E-state index contributed by atoms with van der Waals surface area (Å²) in [6.45, 7) is 5.66. The number of aryl methyl sites for hydroxylation is 1. The van der Waals surface area contributed by atoms with Crippen molar-refractivity contribution in [3.63, 3.8) is 0 Å². The number of likely N-dealkylation sites (N-methyl/N-ethyl adjacent to an activating group) is 1. The van der Waals surface area contributed by atoms with E-state index in [0.29, 0.717) is 6.61 Å². The van der Waals surface area contributed by atoms with Crippen molar-refractivity contribution < 1.29 is 9.15 Å². The first-order valence-electron chi connectivity index (χ1n) is 7.09. The zero-order valence-electron chi connectivity index (χ0n) is 12.5. The van der Waals surface area contributed by atoms with Crippen LogP contribution in [-0.2, 0) is 17.8 Å². The highest BCUT2D eigenvalue weighted by Gasteiger charge is 2.15. The van der Waals surface area contributed by atoms with Crippen molar-refractivity contribution in [3.8, 4) is 0 Å². The Morgan fingerprint density at radius 1 is 1.25 bits per heavy atom. The lowest BCUT2D eigenvalue weighted by molar-refractivity contribution is 0.161. The number of benzene rings is 1. The van der Waals surface area contributed by atoms with Gasteiger partial charge in [0.1, 0.15) is 18.1 Å². The monoisotopic (exact) mass is 273 g/mol. The van der Waals surface area contributed by atoms with Crippen LogP contribution in [0.3, 0.4) is 0 Å². The lowest BCUT2D eigenvalue weighted by Gasteiger charge is -2.16. The van der Waals surface area contributed by atoms with E-state index in [1.807, 2.05) is 12.1 Å². The highest BCUT2D eigenvalue weighted by molar-refractivity contribution is 5.24. The molecule has 20 heavy (non-hydrogen) atoms. The fourth-order valence-electron chi connectivity index (χ4n) is 2.40. The number of methoxy groups -OCH3 is 1. The Kier molecular flexibility index (Phi) is 5.39. The molecule has 0 radical (unpaired) electrons. The molecule has 0 amide bonds. The topological polar surface area (TPSA) is 34.4 Å². The van der Waals surface area contributed by atoms with Gasteiger partial charge in [-0.05, 0) is 37.6 Å². The van der Waals surface area contributed by atoms with Crippen LogP contribution in [0, 0.1) is 6.92 Å². The molecule has 1 heterocycles. The van der Waals surface area contributed by atoms with Gasteiger partial charge in [0, 0.05) is 7.11 Å². The minimum absolute atomic E-state index is 0.201. The standard InChI is InChI=1S/C17H23NO2/c1-4-18-16(11-14-7-5-6-13(2)10-14)17-9-8-15(20-17)12-19-3/h5-10,16,18H,4,11-12H2,1-3H3. The van der Waals surface area contributed by atoms with Gasteiger partial charge >= 0.3 is 0 Å². The van der Waals surface area contributed by atoms with E-state index in [1.54, 1.807) is 7.11 Å². The minimum atomic E-state index is 0.201. The largest absolute Gasteiger partial charge is 0.462 e. The van der Waals surface area contributed by atoms with Crippen LogP contribution in [0.4, 0.5) is 0 Å². The number of hydrogen-bond donors (Lipinski definition) is 1. The third-order valence-electron chi connectivity index (χ3n) is 3.29. The molecule has 2 aromatic rings. The average Bonchev–Trinajstić information content (AvgIpc) is 2.87. The smallest absolute Gasteiger partial charge is 0.129 e. The molecule has 1 unspecified atom stereocenters. The number of nitrogens with one attached hydrogen (secondary N) is 1. The molecule has 108 valence electrons. The van der Waals surface area contributed by atoms with Crippen LogP contribution >= 0.6 is 0 Å². The summed E-state index contributed by atoms with van der Waals surface area (Å²) in [6.07, 6.45) is 0.926. The Morgan fingerprint density at radius 3 is 2.80 bits per heavy atom. The van der Waals surface area contributed by atoms with Crippen LogP contribution in [0.1, 0.15) is 35.6 Å². The molecule has 0 aliphatic carbocycles. The first-order valence-corrected chi connectivity index (χ1v) is 7.09. The first kappa shape index (κ1) is 14.8. The summed E-state index contributed by atoms with van der Waals surface area (Å²) < 4.78 is 11.0. The molecule has 0 bridgehead atoms. The summed E-state index contributed by atoms with van der Waals surface area (Å²) in [5.74, 6) is 1.84. The van der Waals surface area contributed by atoms with E-state index < -0.39 is 0 Å². The Labute approximate surface area is 121 Å². The summed E-state index contributed by atoms with van der Waals surface area (Å²) in [5.41, 5.74) is 2.61. The van der Waals surface area contributed by atoms with Crippen LogP contribution in [0.15, 0.2) is 40.8 Å². The number of rotatable bonds is 7. The summed E-state index contributed by atoms with van der Waals surface area (Å²) in [5, 5.41) is 3.49. The van der Waals surface area contributed by atoms with E-state index in [0.717, 1.165) is 24.5 Å². The molecule has 0 aliphatic rings. The second kappa shape index (κ2) is 7.27. The zero-order chi connectivity index (χ0) is 14.4. The maximum absolute atomic E-state index is 5.85. The van der Waals surface area contributed by atoms with Crippen molar-refractivity contribution in [2.45, 2.75) is 32.9 Å². The van der Waals surface area contributed by atoms with Crippen molar-refractivity contribution in [1.29, 1.82) is 0 Å². The predicted octanol–water partition coefficient (Wildman–Crippen LogP) is 3.63. The maximum Gasteiger partial charge on any atom is 0.129 e. The molecular weight excluding hydrogens is 250 g/mol. The number of hydrogen-bond acceptors (Lipinski definition) is 3. The van der Waals surface area contributed by atoms with E-state index in [9.17, 15) is 0 Å². The third kappa shape index (κ3) is 3.95. The van der Waals surface area contributed by atoms with Gasteiger partial charge in [-0.2, -0.15) is 0 Å². The van der Waals surface area contributed by atoms with E-state index in [4.69, 9.17) is 9.15 Å². The van der Waals surface area contributed by atoms with Gasteiger partial charge in [0.15, 0.2) is 0 Å². The van der Waals surface area contributed by atoms with Crippen LogP contribution in [0.25, 0.3) is 0 Å². The van der Waals surface area contributed by atoms with Crippen molar-refractivity contribution in [3.05, 3.63) is 59.0 Å². The third-order valence-corrected chi connectivity index (χ3v) is 3.29. The predicted molar refractivity (Wildman–Crippen MR) is 80.7 cm³/mol. The van der Waals surface area contributed by atoms with Gasteiger partial charge in [-0.25, -0.2) is 0 Å². The summed E-state index contributed by atoms with van der Waals surface area (Å²) in [7, 11) is 1.68. The normalized spacial score (nSPS) is 12.6. The van der Waals surface area contributed by atoms with Gasteiger partial charge in [0.2, 0.25) is 0 Å². The molecule has 3 heteroatoms. The lowest BCUT2D eigenvalue weighted by atomic mass is 10.0. The van der Waals surface area contributed by atoms with Crippen molar-refractivity contribution in [2.24, 2.45) is 0 Å². The highest BCUT2D eigenvalue weighted by Crippen LogP contribution is 2.22. The molecule has 1 atom stereocenters. The Bertz CT molecular complexity index is 533. The van der Waals surface area contributed by atoms with E-state index in [1.165, 1.54) is 11.1 Å². The minimum Gasteiger partial charge on any atom is -0.462 e. The first-order chi connectivity index (χ1) is 9.72. The Balaban J connectivity index is 2.13.